The van der Waals surface area contributed by atoms with E-state index in [1.54, 1.807) is 19.9 Å². The lowest BCUT2D eigenvalue weighted by molar-refractivity contribution is 0.162. The summed E-state index contributed by atoms with van der Waals surface area (Å²) in [6.45, 7) is 4.92. The first-order valence-corrected chi connectivity index (χ1v) is 10.1. The van der Waals surface area contributed by atoms with Crippen molar-refractivity contribution < 1.29 is 8.42 Å². The minimum Gasteiger partial charge on any atom is -0.282 e. The number of hydrogen-bond acceptors (Lipinski definition) is 5. The summed E-state index contributed by atoms with van der Waals surface area (Å²) in [6.07, 6.45) is 0. The molecule has 0 spiro atoms. The van der Waals surface area contributed by atoms with Crippen molar-refractivity contribution in [3.05, 3.63) is 46.2 Å². The molecular formula is C17H20ClN5O2S. The highest BCUT2D eigenvalue weighted by Gasteiger charge is 2.34. The third-order valence-corrected chi connectivity index (χ3v) is 7.13. The first kappa shape index (κ1) is 18.9. The van der Waals surface area contributed by atoms with E-state index in [0.717, 1.165) is 5.56 Å². The normalized spacial score (nSPS) is 17.8. The van der Waals surface area contributed by atoms with Gasteiger partial charge in [-0.1, -0.05) is 29.8 Å². The molecule has 9 heteroatoms. The Balaban J connectivity index is 1.77. The van der Waals surface area contributed by atoms with Crippen LogP contribution in [0.3, 0.4) is 0 Å². The number of piperazine rings is 1. The molecule has 0 bridgehead atoms. The van der Waals surface area contributed by atoms with E-state index < -0.39 is 16.1 Å². The lowest BCUT2D eigenvalue weighted by atomic mass is 10.1. The van der Waals surface area contributed by atoms with Crippen LogP contribution in [0.5, 0.6) is 0 Å². The fourth-order valence-corrected chi connectivity index (χ4v) is 5.29. The molecule has 1 atom stereocenters. The monoisotopic (exact) mass is 393 g/mol. The van der Waals surface area contributed by atoms with Crippen molar-refractivity contribution in [3.63, 3.8) is 0 Å². The van der Waals surface area contributed by atoms with E-state index in [2.05, 4.69) is 16.3 Å². The van der Waals surface area contributed by atoms with Gasteiger partial charge >= 0.3 is 0 Å². The summed E-state index contributed by atoms with van der Waals surface area (Å²) in [7, 11) is -3.60. The van der Waals surface area contributed by atoms with Crippen molar-refractivity contribution in [3.8, 4) is 6.07 Å². The van der Waals surface area contributed by atoms with Crippen molar-refractivity contribution >= 4 is 21.6 Å². The summed E-state index contributed by atoms with van der Waals surface area (Å²) in [5.41, 5.74) is 1.75. The molecule has 1 aromatic heterocycles. The molecule has 1 unspecified atom stereocenters. The van der Waals surface area contributed by atoms with Crippen molar-refractivity contribution in [2.24, 2.45) is 0 Å². The van der Waals surface area contributed by atoms with Gasteiger partial charge in [-0.25, -0.2) is 8.42 Å². The Kier molecular flexibility index (Phi) is 5.34. The third-order valence-electron chi connectivity index (χ3n) is 4.62. The molecule has 1 fully saturated rings. The van der Waals surface area contributed by atoms with Gasteiger partial charge in [-0.3, -0.25) is 10.00 Å². The Morgan fingerprint density at radius 3 is 2.42 bits per heavy atom. The summed E-state index contributed by atoms with van der Waals surface area (Å²) < 4.78 is 27.3. The topological polar surface area (TPSA) is 93.1 Å². The smallest absolute Gasteiger partial charge is 0.246 e. The highest BCUT2D eigenvalue weighted by molar-refractivity contribution is 7.89. The van der Waals surface area contributed by atoms with Gasteiger partial charge in [-0.05, 0) is 19.9 Å². The lowest BCUT2D eigenvalue weighted by Crippen LogP contribution is -2.49. The van der Waals surface area contributed by atoms with Gasteiger partial charge in [0.25, 0.3) is 0 Å². The van der Waals surface area contributed by atoms with Gasteiger partial charge in [-0.15, -0.1) is 0 Å². The van der Waals surface area contributed by atoms with Gasteiger partial charge in [0.15, 0.2) is 0 Å². The molecule has 1 saturated heterocycles. The van der Waals surface area contributed by atoms with E-state index in [9.17, 15) is 13.7 Å². The number of benzene rings is 1. The largest absolute Gasteiger partial charge is 0.282 e. The number of aryl methyl sites for hydroxylation is 2. The van der Waals surface area contributed by atoms with Crippen LogP contribution >= 0.6 is 11.6 Å². The number of nitriles is 1. The Morgan fingerprint density at radius 1 is 1.23 bits per heavy atom. The highest BCUT2D eigenvalue weighted by atomic mass is 35.5. The predicted octanol–water partition coefficient (Wildman–Crippen LogP) is 2.25. The van der Waals surface area contributed by atoms with Crippen LogP contribution in [0.15, 0.2) is 29.2 Å². The van der Waals surface area contributed by atoms with Crippen LogP contribution in [0.1, 0.15) is 23.0 Å². The van der Waals surface area contributed by atoms with Crippen molar-refractivity contribution in [2.45, 2.75) is 24.8 Å². The second-order valence-corrected chi connectivity index (χ2v) is 8.54. The number of aromatic amines is 1. The SMILES string of the molecule is Cc1n[nH]c(C)c1S(=O)(=O)N1CCN(C(C#N)c2ccccc2Cl)CC1. The molecule has 2 aromatic rings. The van der Waals surface area contributed by atoms with Crippen LogP contribution in [-0.2, 0) is 10.0 Å². The van der Waals surface area contributed by atoms with E-state index >= 15 is 0 Å². The summed E-state index contributed by atoms with van der Waals surface area (Å²) in [5.74, 6) is 0. The first-order valence-electron chi connectivity index (χ1n) is 8.26. The second-order valence-electron chi connectivity index (χ2n) is 6.26. The van der Waals surface area contributed by atoms with Gasteiger partial charge in [-0.2, -0.15) is 14.7 Å². The Bertz CT molecular complexity index is 923. The zero-order valence-electron chi connectivity index (χ0n) is 14.6. The fraction of sp³-hybridized carbons (Fsp3) is 0.412. The maximum Gasteiger partial charge on any atom is 0.246 e. The highest BCUT2D eigenvalue weighted by Crippen LogP contribution is 2.29. The number of H-pyrrole nitrogens is 1. The van der Waals surface area contributed by atoms with Crippen molar-refractivity contribution in [2.75, 3.05) is 26.2 Å². The molecule has 1 aliphatic rings. The standard InChI is InChI=1S/C17H20ClN5O2S/c1-12-17(13(2)21-20-12)26(24,25)23-9-7-22(8-10-23)16(11-19)14-5-3-4-6-15(14)18/h3-6,16H,7-10H2,1-2H3,(H,20,21). The summed E-state index contributed by atoms with van der Waals surface area (Å²) >= 11 is 6.23. The number of nitrogens with one attached hydrogen (secondary N) is 1. The van der Waals surface area contributed by atoms with E-state index in [1.165, 1.54) is 4.31 Å². The minimum atomic E-state index is -3.60. The summed E-state index contributed by atoms with van der Waals surface area (Å²) in [4.78, 5) is 2.20. The zero-order valence-corrected chi connectivity index (χ0v) is 16.2. The molecule has 1 N–H and O–H groups in total. The average Bonchev–Trinajstić information content (AvgIpc) is 2.97. The molecule has 2 heterocycles. The van der Waals surface area contributed by atoms with E-state index in [-0.39, 0.29) is 4.90 Å². The Labute approximate surface area is 158 Å². The second kappa shape index (κ2) is 7.37. The molecule has 0 amide bonds. The van der Waals surface area contributed by atoms with Crippen molar-refractivity contribution in [1.29, 1.82) is 5.26 Å². The average molecular weight is 394 g/mol. The Morgan fingerprint density at radius 2 is 1.88 bits per heavy atom. The quantitative estimate of drug-likeness (QED) is 0.859. The Hall–Kier alpha value is -1.92. The third kappa shape index (κ3) is 3.35. The van der Waals surface area contributed by atoms with Gasteiger partial charge in [0, 0.05) is 36.8 Å². The van der Waals surface area contributed by atoms with Gasteiger partial charge in [0.1, 0.15) is 10.9 Å². The van der Waals surface area contributed by atoms with E-state index in [4.69, 9.17) is 11.6 Å². The number of rotatable bonds is 4. The molecular weight excluding hydrogens is 374 g/mol. The van der Waals surface area contributed by atoms with Crippen LogP contribution < -0.4 is 0 Å². The van der Waals surface area contributed by atoms with Crippen molar-refractivity contribution in [1.82, 2.24) is 19.4 Å². The number of halogens is 1. The van der Waals surface area contributed by atoms with Crippen LogP contribution in [0.4, 0.5) is 0 Å². The van der Waals surface area contributed by atoms with Crippen LogP contribution in [0, 0.1) is 25.2 Å². The molecule has 0 aliphatic carbocycles. The number of sulfonamides is 1. The van der Waals surface area contributed by atoms with Crippen LogP contribution in [0.25, 0.3) is 0 Å². The summed E-state index contributed by atoms with van der Waals surface area (Å²) in [6, 6.07) is 9.04. The number of hydrogen-bond donors (Lipinski definition) is 1. The van der Waals surface area contributed by atoms with E-state index in [1.807, 2.05) is 23.1 Å². The zero-order chi connectivity index (χ0) is 18.9. The van der Waals surface area contributed by atoms with Gasteiger partial charge < -0.3 is 0 Å². The molecule has 7 nitrogen and oxygen atoms in total. The molecule has 0 saturated carbocycles. The predicted molar refractivity (Wildman–Crippen MR) is 98.2 cm³/mol. The minimum absolute atomic E-state index is 0.244. The molecule has 26 heavy (non-hydrogen) atoms. The van der Waals surface area contributed by atoms with Crippen LogP contribution in [-0.4, -0.2) is 54.0 Å². The first-order chi connectivity index (χ1) is 12.4. The molecule has 1 aliphatic heterocycles. The maximum absolute atomic E-state index is 12.9. The molecule has 1 aromatic carbocycles. The number of aromatic nitrogens is 2. The summed E-state index contributed by atoms with van der Waals surface area (Å²) in [5, 5.41) is 16.9. The maximum atomic E-state index is 12.9. The molecule has 138 valence electrons. The van der Waals surface area contributed by atoms with Crippen LogP contribution in [0.2, 0.25) is 5.02 Å². The fourth-order valence-electron chi connectivity index (χ4n) is 3.30. The lowest BCUT2D eigenvalue weighted by Gasteiger charge is -2.36. The van der Waals surface area contributed by atoms with Gasteiger partial charge in [0.05, 0.1) is 17.5 Å². The van der Waals surface area contributed by atoms with E-state index in [0.29, 0.717) is 42.6 Å². The van der Waals surface area contributed by atoms with Gasteiger partial charge in [0.2, 0.25) is 10.0 Å². The molecule has 0 radical (unpaired) electrons. The number of nitrogens with zero attached hydrogens (tertiary/aromatic N) is 4. The molecule has 3 rings (SSSR count).